The van der Waals surface area contributed by atoms with E-state index in [0.717, 1.165) is 33.9 Å². The average Bonchev–Trinajstić information content (AvgIpc) is 3.17. The Morgan fingerprint density at radius 3 is 2.55 bits per heavy atom. The quantitative estimate of drug-likeness (QED) is 0.513. The molecule has 0 aliphatic heterocycles. The highest BCUT2D eigenvalue weighted by molar-refractivity contribution is 8.02. The molecule has 7 nitrogen and oxygen atoms in total. The lowest BCUT2D eigenvalue weighted by molar-refractivity contribution is -0.115. The van der Waals surface area contributed by atoms with Crippen LogP contribution in [-0.2, 0) is 11.8 Å². The molecule has 0 radical (unpaired) electrons. The van der Waals surface area contributed by atoms with Gasteiger partial charge in [0.25, 0.3) is 0 Å². The predicted molar refractivity (Wildman–Crippen MR) is 121 cm³/mol. The molecule has 154 valence electrons. The third kappa shape index (κ3) is 4.91. The number of carbonyl (C=O) groups excluding carboxylic acids is 1. The van der Waals surface area contributed by atoms with Crippen LogP contribution in [0.25, 0.3) is 0 Å². The number of carbonyl (C=O) groups is 1. The standard InChI is InChI=1S/C19H23ClN6OS2/c1-9-7-10(2)15(14(20)8-9)22-18-23-24-19(29-18)28-13(5)17(27)21-16-11(3)25-26(6)12(16)4/h7-8,13H,1-6H3,(H,21,27)(H,22,23). The van der Waals surface area contributed by atoms with Gasteiger partial charge < -0.3 is 10.6 Å². The Hall–Kier alpha value is -2.10. The van der Waals surface area contributed by atoms with Gasteiger partial charge in [-0.05, 0) is 51.8 Å². The molecule has 0 fully saturated rings. The van der Waals surface area contributed by atoms with Crippen LogP contribution in [0.1, 0.15) is 29.4 Å². The molecular formula is C19H23ClN6OS2. The molecule has 0 aliphatic carbocycles. The van der Waals surface area contributed by atoms with Crippen LogP contribution in [0.4, 0.5) is 16.5 Å². The molecule has 3 aromatic rings. The third-order valence-electron chi connectivity index (χ3n) is 4.47. The molecular weight excluding hydrogens is 428 g/mol. The second-order valence-corrected chi connectivity index (χ2v) is 9.83. The lowest BCUT2D eigenvalue weighted by atomic mass is 10.1. The van der Waals surface area contributed by atoms with E-state index < -0.39 is 0 Å². The number of aryl methyl sites for hydroxylation is 4. The van der Waals surface area contributed by atoms with Crippen LogP contribution < -0.4 is 10.6 Å². The van der Waals surface area contributed by atoms with E-state index in [-0.39, 0.29) is 11.2 Å². The van der Waals surface area contributed by atoms with Crippen molar-refractivity contribution < 1.29 is 4.79 Å². The summed E-state index contributed by atoms with van der Waals surface area (Å²) < 4.78 is 2.46. The molecule has 29 heavy (non-hydrogen) atoms. The highest BCUT2D eigenvalue weighted by Crippen LogP contribution is 2.34. The molecule has 1 aromatic carbocycles. The number of thioether (sulfide) groups is 1. The molecule has 1 atom stereocenters. The van der Waals surface area contributed by atoms with Crippen LogP contribution in [0.15, 0.2) is 16.5 Å². The number of halogens is 1. The fraction of sp³-hybridized carbons (Fsp3) is 0.368. The summed E-state index contributed by atoms with van der Waals surface area (Å²) in [6.45, 7) is 9.64. The van der Waals surface area contributed by atoms with Crippen LogP contribution in [0.3, 0.4) is 0 Å². The first-order valence-corrected chi connectivity index (χ1v) is 11.1. The molecule has 2 N–H and O–H groups in total. The van der Waals surface area contributed by atoms with E-state index >= 15 is 0 Å². The van der Waals surface area contributed by atoms with Gasteiger partial charge in [0.05, 0.1) is 33.0 Å². The normalized spacial score (nSPS) is 12.1. The lowest BCUT2D eigenvalue weighted by Crippen LogP contribution is -2.23. The van der Waals surface area contributed by atoms with E-state index in [2.05, 4.69) is 32.0 Å². The first-order valence-electron chi connectivity index (χ1n) is 9.00. The molecule has 0 spiro atoms. The van der Waals surface area contributed by atoms with Crippen LogP contribution >= 0.6 is 34.7 Å². The number of nitrogens with zero attached hydrogens (tertiary/aromatic N) is 4. The molecule has 3 rings (SSSR count). The number of anilines is 3. The van der Waals surface area contributed by atoms with Crippen molar-refractivity contribution in [1.29, 1.82) is 0 Å². The highest BCUT2D eigenvalue weighted by Gasteiger charge is 2.20. The Kier molecular flexibility index (Phi) is 6.50. The first kappa shape index (κ1) is 21.6. The Morgan fingerprint density at radius 2 is 1.93 bits per heavy atom. The Balaban J connectivity index is 1.66. The van der Waals surface area contributed by atoms with Gasteiger partial charge in [0, 0.05) is 7.05 Å². The van der Waals surface area contributed by atoms with E-state index in [1.807, 2.05) is 47.7 Å². The summed E-state index contributed by atoms with van der Waals surface area (Å²) in [6.07, 6.45) is 0. The van der Waals surface area contributed by atoms with Gasteiger partial charge in [0.15, 0.2) is 4.34 Å². The van der Waals surface area contributed by atoms with Gasteiger partial charge in [0.2, 0.25) is 11.0 Å². The number of hydrogen-bond donors (Lipinski definition) is 2. The fourth-order valence-electron chi connectivity index (χ4n) is 2.87. The summed E-state index contributed by atoms with van der Waals surface area (Å²) in [6, 6.07) is 3.96. The highest BCUT2D eigenvalue weighted by atomic mass is 35.5. The first-order chi connectivity index (χ1) is 13.7. The summed E-state index contributed by atoms with van der Waals surface area (Å²) >= 11 is 9.10. The number of aromatic nitrogens is 4. The zero-order chi connectivity index (χ0) is 21.3. The summed E-state index contributed by atoms with van der Waals surface area (Å²) in [4.78, 5) is 12.6. The van der Waals surface area contributed by atoms with Gasteiger partial charge in [-0.1, -0.05) is 40.8 Å². The average molecular weight is 451 g/mol. The molecule has 1 amide bonds. The number of amides is 1. The van der Waals surface area contributed by atoms with E-state index in [0.29, 0.717) is 14.5 Å². The second-order valence-electron chi connectivity index (χ2n) is 6.86. The maximum atomic E-state index is 12.6. The molecule has 0 aliphatic rings. The van der Waals surface area contributed by atoms with Crippen LogP contribution in [0, 0.1) is 27.7 Å². The van der Waals surface area contributed by atoms with Gasteiger partial charge in [-0.2, -0.15) is 5.10 Å². The number of hydrogen-bond acceptors (Lipinski definition) is 7. The van der Waals surface area contributed by atoms with Crippen molar-refractivity contribution in [3.8, 4) is 0 Å². The van der Waals surface area contributed by atoms with E-state index in [4.69, 9.17) is 11.6 Å². The minimum Gasteiger partial charge on any atom is -0.329 e. The number of benzene rings is 1. The lowest BCUT2D eigenvalue weighted by Gasteiger charge is -2.11. The van der Waals surface area contributed by atoms with Crippen LogP contribution in [0.2, 0.25) is 5.02 Å². The third-order valence-corrected chi connectivity index (χ3v) is 6.80. The van der Waals surface area contributed by atoms with Crippen LogP contribution in [-0.4, -0.2) is 31.1 Å². The minimum atomic E-state index is -0.334. The summed E-state index contributed by atoms with van der Waals surface area (Å²) in [5.41, 5.74) is 5.43. The van der Waals surface area contributed by atoms with Gasteiger partial charge in [-0.15, -0.1) is 10.2 Å². The Morgan fingerprint density at radius 1 is 1.21 bits per heavy atom. The maximum Gasteiger partial charge on any atom is 0.237 e. The molecule has 1 unspecified atom stereocenters. The monoisotopic (exact) mass is 450 g/mol. The largest absolute Gasteiger partial charge is 0.329 e. The maximum absolute atomic E-state index is 12.6. The molecule has 0 saturated carbocycles. The Bertz CT molecular complexity index is 1040. The predicted octanol–water partition coefficient (Wildman–Crippen LogP) is 5.02. The topological polar surface area (TPSA) is 84.7 Å². The van der Waals surface area contributed by atoms with Gasteiger partial charge in [0.1, 0.15) is 0 Å². The van der Waals surface area contributed by atoms with Gasteiger partial charge in [-0.25, -0.2) is 0 Å². The van der Waals surface area contributed by atoms with Crippen LogP contribution in [0.5, 0.6) is 0 Å². The number of nitrogens with one attached hydrogen (secondary N) is 2. The molecule has 2 aromatic heterocycles. The molecule has 0 bridgehead atoms. The van der Waals surface area contributed by atoms with Crippen molar-refractivity contribution in [2.45, 2.75) is 44.2 Å². The number of rotatable bonds is 6. The summed E-state index contributed by atoms with van der Waals surface area (Å²) in [7, 11) is 1.86. The van der Waals surface area contributed by atoms with Crippen molar-refractivity contribution in [1.82, 2.24) is 20.0 Å². The zero-order valence-corrected chi connectivity index (χ0v) is 19.5. The van der Waals surface area contributed by atoms with Crippen molar-refractivity contribution in [3.05, 3.63) is 39.7 Å². The van der Waals surface area contributed by atoms with Crippen molar-refractivity contribution >= 4 is 57.1 Å². The fourth-order valence-corrected chi connectivity index (χ4v) is 5.14. The summed E-state index contributed by atoms with van der Waals surface area (Å²) in [5.74, 6) is -0.101. The molecule has 0 saturated heterocycles. The molecule has 10 heteroatoms. The van der Waals surface area contributed by atoms with Gasteiger partial charge in [-0.3, -0.25) is 9.48 Å². The van der Waals surface area contributed by atoms with Gasteiger partial charge >= 0.3 is 0 Å². The van der Waals surface area contributed by atoms with Crippen molar-refractivity contribution in [3.63, 3.8) is 0 Å². The van der Waals surface area contributed by atoms with Crippen molar-refractivity contribution in [2.24, 2.45) is 7.05 Å². The second kappa shape index (κ2) is 8.73. The zero-order valence-electron chi connectivity index (χ0n) is 17.1. The van der Waals surface area contributed by atoms with E-state index in [1.165, 1.54) is 23.1 Å². The summed E-state index contributed by atoms with van der Waals surface area (Å²) in [5, 5.41) is 19.8. The van der Waals surface area contributed by atoms with Crippen molar-refractivity contribution in [2.75, 3.05) is 10.6 Å². The smallest absolute Gasteiger partial charge is 0.237 e. The van der Waals surface area contributed by atoms with E-state index in [9.17, 15) is 4.79 Å². The minimum absolute atomic E-state index is 0.101. The van der Waals surface area contributed by atoms with E-state index in [1.54, 1.807) is 4.68 Å². The molecule has 2 heterocycles. The Labute approximate surface area is 183 Å². The SMILES string of the molecule is Cc1cc(C)c(Nc2nnc(SC(C)C(=O)Nc3c(C)nn(C)c3C)s2)c(Cl)c1.